The number of carbonyl (C=O) groups excluding carboxylic acids is 2. The Hall–Kier alpha value is -3.86. The monoisotopic (exact) mass is 455 g/mol. The average Bonchev–Trinajstić information content (AvgIpc) is 3.09. The molecule has 4 rings (SSSR count). The van der Waals surface area contributed by atoms with Gasteiger partial charge >= 0.3 is 0 Å². The number of rotatable bonds is 6. The molecule has 5 heteroatoms. The van der Waals surface area contributed by atoms with Gasteiger partial charge in [-0.25, -0.2) is 0 Å². The molecule has 1 atom stereocenters. The summed E-state index contributed by atoms with van der Waals surface area (Å²) in [5.74, 6) is -0.449. The molecule has 34 heavy (non-hydrogen) atoms. The number of Topliss-reactive ketones (excluding diaryl/α,β-unsaturated/α-hetero) is 1. The average molecular weight is 456 g/mol. The zero-order chi connectivity index (χ0) is 24.4. The predicted molar refractivity (Wildman–Crippen MR) is 134 cm³/mol. The second-order valence-electron chi connectivity index (χ2n) is 9.14. The lowest BCUT2D eigenvalue weighted by Crippen LogP contribution is -2.29. The zero-order valence-electron chi connectivity index (χ0n) is 19.9. The standard InChI is InChI=1S/C29H29NO4/c1-18(2)17-34-24-15-11-21(12-16-24)26-25(27(31)22-9-5-19(3)6-10-22)28(32)29(33)30(26)23-13-7-20(4)8-14-23/h5-16,18,26,31H,17H2,1-4H3/b27-25+. The molecule has 174 valence electrons. The third-order valence-electron chi connectivity index (χ3n) is 5.86. The van der Waals surface area contributed by atoms with Gasteiger partial charge in [0.1, 0.15) is 11.5 Å². The Bertz CT molecular complexity index is 1220. The third-order valence-corrected chi connectivity index (χ3v) is 5.86. The fourth-order valence-electron chi connectivity index (χ4n) is 4.00. The largest absolute Gasteiger partial charge is 0.507 e. The number of amides is 1. The van der Waals surface area contributed by atoms with Crippen molar-refractivity contribution in [1.82, 2.24) is 0 Å². The maximum atomic E-state index is 13.2. The molecular weight excluding hydrogens is 426 g/mol. The number of aliphatic hydroxyl groups excluding tert-OH is 1. The molecule has 1 unspecified atom stereocenters. The van der Waals surface area contributed by atoms with Crippen molar-refractivity contribution in [2.45, 2.75) is 33.7 Å². The van der Waals surface area contributed by atoms with E-state index in [4.69, 9.17) is 4.74 Å². The lowest BCUT2D eigenvalue weighted by Gasteiger charge is -2.25. The number of carbonyl (C=O) groups is 2. The number of hydrogen-bond donors (Lipinski definition) is 1. The van der Waals surface area contributed by atoms with Crippen molar-refractivity contribution in [1.29, 1.82) is 0 Å². The van der Waals surface area contributed by atoms with Crippen molar-refractivity contribution in [3.63, 3.8) is 0 Å². The van der Waals surface area contributed by atoms with Crippen LogP contribution in [0.15, 0.2) is 78.4 Å². The molecular formula is C29H29NO4. The highest BCUT2D eigenvalue weighted by molar-refractivity contribution is 6.51. The first-order valence-corrected chi connectivity index (χ1v) is 11.4. The molecule has 3 aromatic rings. The van der Waals surface area contributed by atoms with Gasteiger partial charge in [0.15, 0.2) is 0 Å². The van der Waals surface area contributed by atoms with Crippen LogP contribution in [0.4, 0.5) is 5.69 Å². The quantitative estimate of drug-likeness (QED) is 0.283. The van der Waals surface area contributed by atoms with E-state index in [2.05, 4.69) is 13.8 Å². The summed E-state index contributed by atoms with van der Waals surface area (Å²) in [6.45, 7) is 8.66. The molecule has 1 heterocycles. The molecule has 0 bridgehead atoms. The van der Waals surface area contributed by atoms with E-state index in [1.807, 2.05) is 74.5 Å². The van der Waals surface area contributed by atoms with Gasteiger partial charge in [0, 0.05) is 11.3 Å². The van der Waals surface area contributed by atoms with E-state index in [1.54, 1.807) is 12.1 Å². The Balaban J connectivity index is 1.83. The molecule has 1 aliphatic rings. The van der Waals surface area contributed by atoms with Gasteiger partial charge in [-0.05, 0) is 49.6 Å². The lowest BCUT2D eigenvalue weighted by molar-refractivity contribution is -0.132. The first-order valence-electron chi connectivity index (χ1n) is 11.4. The normalized spacial score (nSPS) is 17.4. The maximum absolute atomic E-state index is 13.2. The summed E-state index contributed by atoms with van der Waals surface area (Å²) in [6.07, 6.45) is 0. The highest BCUT2D eigenvalue weighted by atomic mass is 16.5. The minimum atomic E-state index is -0.761. The summed E-state index contributed by atoms with van der Waals surface area (Å²) < 4.78 is 5.80. The molecule has 5 nitrogen and oxygen atoms in total. The lowest BCUT2D eigenvalue weighted by atomic mass is 9.94. The first-order chi connectivity index (χ1) is 16.3. The highest BCUT2D eigenvalue weighted by Gasteiger charge is 2.46. The van der Waals surface area contributed by atoms with Crippen LogP contribution in [0.2, 0.25) is 0 Å². The number of benzene rings is 3. The van der Waals surface area contributed by atoms with E-state index in [9.17, 15) is 14.7 Å². The van der Waals surface area contributed by atoms with Gasteiger partial charge in [0.25, 0.3) is 11.7 Å². The van der Waals surface area contributed by atoms with Crippen molar-refractivity contribution in [2.75, 3.05) is 11.5 Å². The van der Waals surface area contributed by atoms with Crippen LogP contribution in [0.25, 0.3) is 5.76 Å². The molecule has 1 aliphatic heterocycles. The van der Waals surface area contributed by atoms with Crippen LogP contribution in [-0.2, 0) is 9.59 Å². The second kappa shape index (κ2) is 9.56. The van der Waals surface area contributed by atoms with Crippen molar-refractivity contribution < 1.29 is 19.4 Å². The van der Waals surface area contributed by atoms with Gasteiger partial charge in [0.2, 0.25) is 0 Å². The van der Waals surface area contributed by atoms with E-state index >= 15 is 0 Å². The number of ether oxygens (including phenoxy) is 1. The third kappa shape index (κ3) is 4.60. The van der Waals surface area contributed by atoms with Crippen molar-refractivity contribution in [3.05, 3.63) is 101 Å². The minimum Gasteiger partial charge on any atom is -0.507 e. The van der Waals surface area contributed by atoms with Crippen molar-refractivity contribution in [2.24, 2.45) is 5.92 Å². The summed E-state index contributed by atoms with van der Waals surface area (Å²) in [5, 5.41) is 11.2. The van der Waals surface area contributed by atoms with E-state index < -0.39 is 17.7 Å². The Kier molecular flexibility index (Phi) is 6.55. The van der Waals surface area contributed by atoms with Crippen LogP contribution in [0.3, 0.4) is 0 Å². The number of aliphatic hydroxyl groups is 1. The van der Waals surface area contributed by atoms with Crippen LogP contribution in [0.1, 0.15) is 42.1 Å². The van der Waals surface area contributed by atoms with Gasteiger partial charge in [-0.3, -0.25) is 14.5 Å². The summed E-state index contributed by atoms with van der Waals surface area (Å²) >= 11 is 0. The van der Waals surface area contributed by atoms with E-state index in [0.717, 1.165) is 11.1 Å². The molecule has 0 aliphatic carbocycles. The first kappa shape index (κ1) is 23.3. The second-order valence-corrected chi connectivity index (χ2v) is 9.14. The van der Waals surface area contributed by atoms with Crippen molar-refractivity contribution >= 4 is 23.1 Å². The Morgan fingerprint density at radius 1 is 0.882 bits per heavy atom. The smallest absolute Gasteiger partial charge is 0.300 e. The van der Waals surface area contributed by atoms with Crippen LogP contribution in [0, 0.1) is 19.8 Å². The molecule has 1 saturated heterocycles. The molecule has 0 saturated carbocycles. The fourth-order valence-corrected chi connectivity index (χ4v) is 4.00. The van der Waals surface area contributed by atoms with Crippen molar-refractivity contribution in [3.8, 4) is 5.75 Å². The maximum Gasteiger partial charge on any atom is 0.300 e. The highest BCUT2D eigenvalue weighted by Crippen LogP contribution is 2.42. The zero-order valence-corrected chi connectivity index (χ0v) is 19.9. The molecule has 1 fully saturated rings. The van der Waals surface area contributed by atoms with Crippen LogP contribution in [0.5, 0.6) is 5.75 Å². The summed E-state index contributed by atoms with van der Waals surface area (Å²) in [5.41, 5.74) is 3.96. The molecule has 0 radical (unpaired) electrons. The van der Waals surface area contributed by atoms with E-state index in [0.29, 0.717) is 35.1 Å². The Morgan fingerprint density at radius 2 is 1.44 bits per heavy atom. The number of hydrogen-bond acceptors (Lipinski definition) is 4. The van der Waals surface area contributed by atoms with Gasteiger partial charge in [-0.1, -0.05) is 73.5 Å². The Morgan fingerprint density at radius 3 is 2.00 bits per heavy atom. The summed E-state index contributed by atoms with van der Waals surface area (Å²) in [7, 11) is 0. The van der Waals surface area contributed by atoms with Crippen LogP contribution in [-0.4, -0.2) is 23.4 Å². The number of nitrogens with zero attached hydrogens (tertiary/aromatic N) is 1. The molecule has 0 spiro atoms. The number of ketones is 1. The molecule has 1 amide bonds. The van der Waals surface area contributed by atoms with Crippen LogP contribution < -0.4 is 9.64 Å². The summed E-state index contributed by atoms with van der Waals surface area (Å²) in [4.78, 5) is 27.9. The molecule has 1 N–H and O–H groups in total. The van der Waals surface area contributed by atoms with Gasteiger partial charge < -0.3 is 9.84 Å². The van der Waals surface area contributed by atoms with Crippen LogP contribution >= 0.6 is 0 Å². The predicted octanol–water partition coefficient (Wildman–Crippen LogP) is 5.96. The minimum absolute atomic E-state index is 0.0743. The van der Waals surface area contributed by atoms with Gasteiger partial charge in [-0.15, -0.1) is 0 Å². The molecule has 0 aromatic heterocycles. The number of aryl methyl sites for hydroxylation is 2. The fraction of sp³-hybridized carbons (Fsp3) is 0.241. The SMILES string of the molecule is Cc1ccc(/C(O)=C2\C(=O)C(=O)N(c3ccc(C)cc3)C2c2ccc(OCC(C)C)cc2)cc1. The molecule has 3 aromatic carbocycles. The van der Waals surface area contributed by atoms with E-state index in [-0.39, 0.29) is 11.3 Å². The van der Waals surface area contributed by atoms with Gasteiger partial charge in [0.05, 0.1) is 18.2 Å². The Labute approximate surface area is 200 Å². The van der Waals surface area contributed by atoms with E-state index in [1.165, 1.54) is 4.90 Å². The van der Waals surface area contributed by atoms with Gasteiger partial charge in [-0.2, -0.15) is 0 Å². The number of anilines is 1. The summed E-state index contributed by atoms with van der Waals surface area (Å²) in [6, 6.07) is 21.3. The topological polar surface area (TPSA) is 66.8 Å².